The van der Waals surface area contributed by atoms with Gasteiger partial charge in [-0.2, -0.15) is 0 Å². The predicted octanol–water partition coefficient (Wildman–Crippen LogP) is 2.93. The van der Waals surface area contributed by atoms with Crippen LogP contribution in [0.25, 0.3) is 0 Å². The van der Waals surface area contributed by atoms with Crippen LogP contribution in [0.15, 0.2) is 11.4 Å². The molecule has 1 saturated heterocycles. The summed E-state index contributed by atoms with van der Waals surface area (Å²) >= 11 is 1.88. The van der Waals surface area contributed by atoms with Crippen LogP contribution in [0.5, 0.6) is 0 Å². The zero-order valence-electron chi connectivity index (χ0n) is 11.0. The van der Waals surface area contributed by atoms with Gasteiger partial charge in [0.05, 0.1) is 0 Å². The number of aryl methyl sites for hydroxylation is 1. The summed E-state index contributed by atoms with van der Waals surface area (Å²) in [4.78, 5) is 1.51. The number of piperidine rings is 1. The van der Waals surface area contributed by atoms with Crippen LogP contribution in [0.2, 0.25) is 0 Å². The summed E-state index contributed by atoms with van der Waals surface area (Å²) in [6.07, 6.45) is 5.14. The molecular formula is C14H24N2S. The van der Waals surface area contributed by atoms with E-state index < -0.39 is 0 Å². The molecule has 2 N–H and O–H groups in total. The van der Waals surface area contributed by atoms with Gasteiger partial charge in [-0.3, -0.25) is 0 Å². The first kappa shape index (κ1) is 13.1. The summed E-state index contributed by atoms with van der Waals surface area (Å²) in [5.41, 5.74) is 1.81. The maximum atomic E-state index is 3.65. The molecule has 0 aromatic carbocycles. The Hall–Kier alpha value is -0.380. The van der Waals surface area contributed by atoms with Gasteiger partial charge in [0.15, 0.2) is 0 Å². The number of hydrogen-bond donors (Lipinski definition) is 2. The second kappa shape index (κ2) is 5.98. The fourth-order valence-electron chi connectivity index (χ4n) is 2.56. The molecule has 0 bridgehead atoms. The molecule has 0 spiro atoms. The van der Waals surface area contributed by atoms with E-state index in [-0.39, 0.29) is 0 Å². The lowest BCUT2D eigenvalue weighted by Crippen LogP contribution is -2.52. The van der Waals surface area contributed by atoms with Crippen molar-refractivity contribution in [1.29, 1.82) is 0 Å². The lowest BCUT2D eigenvalue weighted by atomic mass is 9.91. The molecule has 0 amide bonds. The van der Waals surface area contributed by atoms with Crippen molar-refractivity contribution >= 4 is 11.3 Å². The third-order valence-electron chi connectivity index (χ3n) is 3.73. The predicted molar refractivity (Wildman–Crippen MR) is 75.7 cm³/mol. The number of rotatable bonds is 5. The monoisotopic (exact) mass is 252 g/mol. The van der Waals surface area contributed by atoms with Crippen LogP contribution >= 0.6 is 11.3 Å². The Morgan fingerprint density at radius 2 is 2.35 bits per heavy atom. The van der Waals surface area contributed by atoms with E-state index >= 15 is 0 Å². The first-order valence-corrected chi connectivity index (χ1v) is 7.62. The molecule has 3 heteroatoms. The second-order valence-electron chi connectivity index (χ2n) is 5.27. The average molecular weight is 252 g/mol. The summed E-state index contributed by atoms with van der Waals surface area (Å²) in [6, 6.07) is 2.25. The molecule has 1 aromatic heterocycles. The zero-order chi connectivity index (χ0) is 12.1. The highest BCUT2D eigenvalue weighted by Crippen LogP contribution is 2.19. The smallest absolute Gasteiger partial charge is 0.0303 e. The highest BCUT2D eigenvalue weighted by Gasteiger charge is 2.25. The van der Waals surface area contributed by atoms with E-state index in [1.807, 2.05) is 11.3 Å². The first-order valence-electron chi connectivity index (χ1n) is 6.74. The van der Waals surface area contributed by atoms with Crippen molar-refractivity contribution in [3.05, 3.63) is 21.9 Å². The molecule has 96 valence electrons. The first-order chi connectivity index (χ1) is 8.23. The lowest BCUT2D eigenvalue weighted by molar-refractivity contribution is 0.267. The minimum absolute atomic E-state index is 0.307. The largest absolute Gasteiger partial charge is 0.310 e. The summed E-state index contributed by atoms with van der Waals surface area (Å²) in [5, 5.41) is 9.47. The van der Waals surface area contributed by atoms with Crippen LogP contribution < -0.4 is 10.6 Å². The summed E-state index contributed by atoms with van der Waals surface area (Å²) in [6.45, 7) is 7.85. The highest BCUT2D eigenvalue weighted by molar-refractivity contribution is 7.10. The molecule has 1 aliphatic heterocycles. The molecule has 1 fully saturated rings. The van der Waals surface area contributed by atoms with Crippen molar-refractivity contribution in [3.63, 3.8) is 0 Å². The highest BCUT2D eigenvalue weighted by atomic mass is 32.1. The number of nitrogens with one attached hydrogen (secondary N) is 2. The van der Waals surface area contributed by atoms with Gasteiger partial charge in [0.1, 0.15) is 0 Å². The molecule has 0 saturated carbocycles. The Balaban J connectivity index is 1.79. The Morgan fingerprint density at radius 1 is 1.47 bits per heavy atom. The maximum Gasteiger partial charge on any atom is 0.0303 e. The Bertz CT molecular complexity index is 340. The van der Waals surface area contributed by atoms with E-state index in [1.165, 1.54) is 36.2 Å². The van der Waals surface area contributed by atoms with E-state index in [0.29, 0.717) is 5.54 Å². The molecule has 0 radical (unpaired) electrons. The van der Waals surface area contributed by atoms with E-state index in [2.05, 4.69) is 35.9 Å². The van der Waals surface area contributed by atoms with Crippen LogP contribution in [0, 0.1) is 0 Å². The number of hydrogen-bond acceptors (Lipinski definition) is 3. The van der Waals surface area contributed by atoms with Crippen molar-refractivity contribution < 1.29 is 0 Å². The molecule has 2 rings (SSSR count). The molecule has 1 unspecified atom stereocenters. The van der Waals surface area contributed by atoms with Gasteiger partial charge in [0.25, 0.3) is 0 Å². The third kappa shape index (κ3) is 3.54. The van der Waals surface area contributed by atoms with Gasteiger partial charge in [-0.1, -0.05) is 13.3 Å². The molecule has 1 aromatic rings. The minimum Gasteiger partial charge on any atom is -0.310 e. The van der Waals surface area contributed by atoms with Crippen LogP contribution in [0.4, 0.5) is 0 Å². The third-order valence-corrected chi connectivity index (χ3v) is 4.69. The molecule has 0 aliphatic carbocycles. The SMILES string of the molecule is CCc1ccsc1CNCC1(C)CCCCN1. The summed E-state index contributed by atoms with van der Waals surface area (Å²) in [5.74, 6) is 0. The standard InChI is InChI=1S/C14H24N2S/c1-3-12-6-9-17-13(12)10-15-11-14(2)7-4-5-8-16-14/h6,9,15-16H,3-5,7-8,10-11H2,1-2H3. The summed E-state index contributed by atoms with van der Waals surface area (Å²) in [7, 11) is 0. The van der Waals surface area contributed by atoms with Gasteiger partial charge >= 0.3 is 0 Å². The van der Waals surface area contributed by atoms with E-state index in [1.54, 1.807) is 0 Å². The van der Waals surface area contributed by atoms with E-state index in [9.17, 15) is 0 Å². The van der Waals surface area contributed by atoms with Gasteiger partial charge in [-0.25, -0.2) is 0 Å². The molecule has 17 heavy (non-hydrogen) atoms. The van der Waals surface area contributed by atoms with Crippen LogP contribution in [-0.4, -0.2) is 18.6 Å². The topological polar surface area (TPSA) is 24.1 Å². The van der Waals surface area contributed by atoms with E-state index in [4.69, 9.17) is 0 Å². The molecular weight excluding hydrogens is 228 g/mol. The quantitative estimate of drug-likeness (QED) is 0.842. The van der Waals surface area contributed by atoms with Gasteiger partial charge in [0.2, 0.25) is 0 Å². The number of thiophene rings is 1. The van der Waals surface area contributed by atoms with Crippen molar-refractivity contribution in [2.75, 3.05) is 13.1 Å². The minimum atomic E-state index is 0.307. The van der Waals surface area contributed by atoms with Gasteiger partial charge < -0.3 is 10.6 Å². The van der Waals surface area contributed by atoms with Crippen LogP contribution in [0.3, 0.4) is 0 Å². The Kier molecular flexibility index (Phi) is 4.60. The van der Waals surface area contributed by atoms with Crippen molar-refractivity contribution in [3.8, 4) is 0 Å². The second-order valence-corrected chi connectivity index (χ2v) is 6.27. The van der Waals surface area contributed by atoms with Crippen LogP contribution in [0.1, 0.15) is 43.6 Å². The normalized spacial score (nSPS) is 25.1. The zero-order valence-corrected chi connectivity index (χ0v) is 11.8. The fourth-order valence-corrected chi connectivity index (χ4v) is 3.50. The van der Waals surface area contributed by atoms with Gasteiger partial charge in [-0.05, 0) is 49.7 Å². The fraction of sp³-hybridized carbons (Fsp3) is 0.714. The lowest BCUT2D eigenvalue weighted by Gasteiger charge is -2.35. The van der Waals surface area contributed by atoms with Gasteiger partial charge in [-0.15, -0.1) is 11.3 Å². The van der Waals surface area contributed by atoms with Crippen molar-refractivity contribution in [1.82, 2.24) is 10.6 Å². The van der Waals surface area contributed by atoms with Crippen molar-refractivity contribution in [2.24, 2.45) is 0 Å². The molecule has 1 aliphatic rings. The van der Waals surface area contributed by atoms with Crippen LogP contribution in [-0.2, 0) is 13.0 Å². The van der Waals surface area contributed by atoms with E-state index in [0.717, 1.165) is 19.5 Å². The average Bonchev–Trinajstić information content (AvgIpc) is 2.77. The Labute approximate surface area is 109 Å². The van der Waals surface area contributed by atoms with Crippen molar-refractivity contribution in [2.45, 2.75) is 51.6 Å². The molecule has 1 atom stereocenters. The van der Waals surface area contributed by atoms with Gasteiger partial charge in [0, 0.05) is 23.5 Å². The summed E-state index contributed by atoms with van der Waals surface area (Å²) < 4.78 is 0. The molecule has 2 heterocycles. The maximum absolute atomic E-state index is 3.65. The Morgan fingerprint density at radius 3 is 3.06 bits per heavy atom. The molecule has 2 nitrogen and oxygen atoms in total.